The number of hydrogen-bond donors (Lipinski definition) is 1. The quantitative estimate of drug-likeness (QED) is 0.737. The van der Waals surface area contributed by atoms with Crippen LogP contribution in [0.15, 0.2) is 12.4 Å². The first-order valence-electron chi connectivity index (χ1n) is 3.53. The Labute approximate surface area is 70.4 Å². The van der Waals surface area contributed by atoms with Crippen LogP contribution in [0.25, 0.3) is 0 Å². The lowest BCUT2D eigenvalue weighted by Gasteiger charge is -1.97. The summed E-state index contributed by atoms with van der Waals surface area (Å²) in [6, 6.07) is 0. The smallest absolute Gasteiger partial charge is 0.337 e. The van der Waals surface area contributed by atoms with Gasteiger partial charge in [-0.3, -0.25) is 0 Å². The van der Waals surface area contributed by atoms with Crippen LogP contribution in [0.4, 0.5) is 0 Å². The van der Waals surface area contributed by atoms with E-state index in [0.717, 1.165) is 5.56 Å². The summed E-state index contributed by atoms with van der Waals surface area (Å²) in [5, 5.41) is 8.69. The fourth-order valence-corrected chi connectivity index (χ4v) is 1.07. The van der Waals surface area contributed by atoms with Gasteiger partial charge in [-0.25, -0.2) is 4.79 Å². The van der Waals surface area contributed by atoms with Crippen LogP contribution in [-0.4, -0.2) is 22.8 Å². The van der Waals surface area contributed by atoms with E-state index in [4.69, 9.17) is 9.84 Å². The minimum Gasteiger partial charge on any atom is -0.478 e. The molecule has 4 nitrogen and oxygen atoms in total. The van der Waals surface area contributed by atoms with Gasteiger partial charge in [0.2, 0.25) is 0 Å². The molecule has 1 aromatic heterocycles. The third kappa shape index (κ3) is 1.65. The molecule has 0 amide bonds. The van der Waals surface area contributed by atoms with Crippen LogP contribution < -0.4 is 0 Å². The van der Waals surface area contributed by atoms with Crippen molar-refractivity contribution in [2.24, 2.45) is 0 Å². The number of rotatable bonds is 3. The summed E-state index contributed by atoms with van der Waals surface area (Å²) < 4.78 is 6.54. The predicted octanol–water partition coefficient (Wildman–Crippen LogP) is 1.10. The van der Waals surface area contributed by atoms with E-state index in [1.54, 1.807) is 31.0 Å². The van der Waals surface area contributed by atoms with Gasteiger partial charge in [0.15, 0.2) is 0 Å². The van der Waals surface area contributed by atoms with Crippen molar-refractivity contribution in [3.63, 3.8) is 0 Å². The van der Waals surface area contributed by atoms with Crippen molar-refractivity contribution >= 4 is 5.97 Å². The first kappa shape index (κ1) is 8.80. The molecule has 1 rings (SSSR count). The highest BCUT2D eigenvalue weighted by Crippen LogP contribution is 2.08. The topological polar surface area (TPSA) is 51.5 Å². The Kier molecular flexibility index (Phi) is 2.50. The number of nitrogens with zero attached hydrogens (tertiary/aromatic N) is 1. The van der Waals surface area contributed by atoms with Gasteiger partial charge in [0, 0.05) is 19.5 Å². The van der Waals surface area contributed by atoms with Crippen molar-refractivity contribution in [1.82, 2.24) is 4.57 Å². The molecule has 0 spiro atoms. The second-order valence-electron chi connectivity index (χ2n) is 2.59. The van der Waals surface area contributed by atoms with E-state index in [2.05, 4.69) is 0 Å². The minimum absolute atomic E-state index is 0.326. The van der Waals surface area contributed by atoms with Crippen molar-refractivity contribution in [2.75, 3.05) is 7.11 Å². The second-order valence-corrected chi connectivity index (χ2v) is 2.59. The van der Waals surface area contributed by atoms with E-state index >= 15 is 0 Å². The van der Waals surface area contributed by atoms with E-state index < -0.39 is 5.97 Å². The fraction of sp³-hybridized carbons (Fsp3) is 0.375. The van der Waals surface area contributed by atoms with Gasteiger partial charge < -0.3 is 14.4 Å². The van der Waals surface area contributed by atoms with Crippen molar-refractivity contribution in [2.45, 2.75) is 13.7 Å². The molecule has 0 aliphatic carbocycles. The molecule has 0 aliphatic heterocycles. The van der Waals surface area contributed by atoms with E-state index in [-0.39, 0.29) is 0 Å². The first-order valence-corrected chi connectivity index (χ1v) is 3.53. The number of hydrogen-bond acceptors (Lipinski definition) is 2. The summed E-state index contributed by atoms with van der Waals surface area (Å²) in [6.45, 7) is 2.14. The van der Waals surface area contributed by atoms with Crippen molar-refractivity contribution in [3.05, 3.63) is 23.5 Å². The van der Waals surface area contributed by atoms with E-state index in [9.17, 15) is 4.79 Å². The SMILES string of the molecule is COCn1cc(C)c(C(=O)O)c1. The Morgan fingerprint density at radius 2 is 2.33 bits per heavy atom. The van der Waals surface area contributed by atoms with Crippen LogP contribution in [0, 0.1) is 6.92 Å². The largest absolute Gasteiger partial charge is 0.478 e. The highest BCUT2D eigenvalue weighted by Gasteiger charge is 2.08. The number of aromatic nitrogens is 1. The highest BCUT2D eigenvalue weighted by molar-refractivity contribution is 5.89. The van der Waals surface area contributed by atoms with Crippen LogP contribution in [0.2, 0.25) is 0 Å². The Balaban J connectivity index is 2.92. The zero-order valence-electron chi connectivity index (χ0n) is 7.07. The normalized spacial score (nSPS) is 10.2. The van der Waals surface area contributed by atoms with Gasteiger partial charge in [-0.15, -0.1) is 0 Å². The van der Waals surface area contributed by atoms with E-state index in [1.807, 2.05) is 0 Å². The number of carboxylic acids is 1. The lowest BCUT2D eigenvalue weighted by Crippen LogP contribution is -1.97. The van der Waals surface area contributed by atoms with E-state index in [1.165, 1.54) is 0 Å². The molecule has 0 saturated carbocycles. The molecule has 0 aliphatic rings. The molecule has 0 saturated heterocycles. The summed E-state index contributed by atoms with van der Waals surface area (Å²) in [6.07, 6.45) is 3.30. The maximum Gasteiger partial charge on any atom is 0.337 e. The number of aryl methyl sites for hydroxylation is 1. The monoisotopic (exact) mass is 169 g/mol. The maximum absolute atomic E-state index is 10.6. The van der Waals surface area contributed by atoms with Gasteiger partial charge in [0.1, 0.15) is 6.73 Å². The molecule has 0 radical (unpaired) electrons. The molecular weight excluding hydrogens is 158 g/mol. The summed E-state index contributed by atoms with van der Waals surface area (Å²) >= 11 is 0. The lowest BCUT2D eigenvalue weighted by atomic mass is 10.2. The third-order valence-electron chi connectivity index (χ3n) is 1.59. The van der Waals surface area contributed by atoms with Gasteiger partial charge in [0.05, 0.1) is 5.56 Å². The highest BCUT2D eigenvalue weighted by atomic mass is 16.5. The molecule has 1 heterocycles. The second kappa shape index (κ2) is 3.40. The number of carbonyl (C=O) groups is 1. The molecule has 66 valence electrons. The molecule has 4 heteroatoms. The standard InChI is InChI=1S/C8H11NO3/c1-6-3-9(5-12-2)4-7(6)8(10)11/h3-4H,5H2,1-2H3,(H,10,11). The lowest BCUT2D eigenvalue weighted by molar-refractivity contribution is 0.0695. The summed E-state index contributed by atoms with van der Waals surface area (Å²) in [5.41, 5.74) is 1.08. The number of aromatic carboxylic acids is 1. The van der Waals surface area contributed by atoms with Gasteiger partial charge in [-0.1, -0.05) is 0 Å². The molecule has 12 heavy (non-hydrogen) atoms. The fourth-order valence-electron chi connectivity index (χ4n) is 1.07. The Morgan fingerprint density at radius 3 is 2.75 bits per heavy atom. The molecular formula is C8H11NO3. The Morgan fingerprint density at radius 1 is 1.67 bits per heavy atom. The average molecular weight is 169 g/mol. The summed E-state index contributed by atoms with van der Waals surface area (Å²) in [7, 11) is 1.57. The molecule has 0 atom stereocenters. The average Bonchev–Trinajstić information content (AvgIpc) is 2.32. The van der Waals surface area contributed by atoms with E-state index in [0.29, 0.717) is 12.3 Å². The number of ether oxygens (including phenoxy) is 1. The minimum atomic E-state index is -0.901. The predicted molar refractivity (Wildman–Crippen MR) is 43.1 cm³/mol. The van der Waals surface area contributed by atoms with Crippen LogP contribution in [0.3, 0.4) is 0 Å². The Hall–Kier alpha value is -1.29. The van der Waals surface area contributed by atoms with Crippen LogP contribution >= 0.6 is 0 Å². The van der Waals surface area contributed by atoms with Crippen LogP contribution in [-0.2, 0) is 11.5 Å². The molecule has 0 fully saturated rings. The zero-order chi connectivity index (χ0) is 9.14. The Bertz CT molecular complexity index is 290. The van der Waals surface area contributed by atoms with Gasteiger partial charge in [0.25, 0.3) is 0 Å². The van der Waals surface area contributed by atoms with Crippen LogP contribution in [0.1, 0.15) is 15.9 Å². The van der Waals surface area contributed by atoms with Crippen molar-refractivity contribution in [3.8, 4) is 0 Å². The van der Waals surface area contributed by atoms with Crippen molar-refractivity contribution in [1.29, 1.82) is 0 Å². The molecule has 0 aromatic carbocycles. The third-order valence-corrected chi connectivity index (χ3v) is 1.59. The molecule has 1 N–H and O–H groups in total. The molecule has 0 bridgehead atoms. The summed E-state index contributed by atoms with van der Waals surface area (Å²) in [5.74, 6) is -0.901. The number of methoxy groups -OCH3 is 1. The van der Waals surface area contributed by atoms with Crippen LogP contribution in [0.5, 0.6) is 0 Å². The van der Waals surface area contributed by atoms with Gasteiger partial charge in [-0.05, 0) is 12.5 Å². The molecule has 0 unspecified atom stereocenters. The summed E-state index contributed by atoms with van der Waals surface area (Å²) in [4.78, 5) is 10.6. The van der Waals surface area contributed by atoms with Gasteiger partial charge in [-0.2, -0.15) is 0 Å². The zero-order valence-corrected chi connectivity index (χ0v) is 7.07. The molecule has 1 aromatic rings. The number of carboxylic acid groups (broad SMARTS) is 1. The maximum atomic E-state index is 10.6. The van der Waals surface area contributed by atoms with Crippen molar-refractivity contribution < 1.29 is 14.6 Å². The van der Waals surface area contributed by atoms with Gasteiger partial charge >= 0.3 is 5.97 Å². The first-order chi connectivity index (χ1) is 5.65.